The molecule has 0 bridgehead atoms. The van der Waals surface area contributed by atoms with Crippen molar-refractivity contribution in [2.75, 3.05) is 26.4 Å². The highest BCUT2D eigenvalue weighted by atomic mass is 16.6. The van der Waals surface area contributed by atoms with E-state index in [0.29, 0.717) is 5.76 Å². The Morgan fingerprint density at radius 2 is 1.29 bits per heavy atom. The zero-order valence-corrected chi connectivity index (χ0v) is 20.1. The number of aliphatic hydroxyl groups excluding tert-OH is 2. The van der Waals surface area contributed by atoms with Gasteiger partial charge in [-0.05, 0) is 42.3 Å². The molecule has 0 aliphatic carbocycles. The Balaban J connectivity index is 1.83. The molecule has 8 heteroatoms. The largest absolute Gasteiger partial charge is 0.491 e. The lowest BCUT2D eigenvalue weighted by atomic mass is 10.0. The van der Waals surface area contributed by atoms with Crippen LogP contribution in [0.15, 0.2) is 67.3 Å². The van der Waals surface area contributed by atoms with Gasteiger partial charge in [0.2, 0.25) is 0 Å². The molecule has 2 aromatic rings. The lowest BCUT2D eigenvalue weighted by molar-refractivity contribution is -0.143. The molecule has 0 saturated heterocycles. The fourth-order valence-corrected chi connectivity index (χ4v) is 2.84. The van der Waals surface area contributed by atoms with E-state index in [9.17, 15) is 19.8 Å². The first-order chi connectivity index (χ1) is 16.6. The third-order valence-corrected chi connectivity index (χ3v) is 4.77. The van der Waals surface area contributed by atoms with Gasteiger partial charge in [-0.2, -0.15) is 0 Å². The maximum atomic E-state index is 11.4. The maximum Gasteiger partial charge on any atom is 0.333 e. The molecule has 0 aliphatic rings. The molecule has 8 nitrogen and oxygen atoms in total. The first kappa shape index (κ1) is 27.8. The van der Waals surface area contributed by atoms with Crippen LogP contribution in [0.5, 0.6) is 0 Å². The fourth-order valence-electron chi connectivity index (χ4n) is 2.84. The number of esters is 2. The highest BCUT2D eigenvalue weighted by Crippen LogP contribution is 2.23. The third kappa shape index (κ3) is 9.36. The molecule has 0 amide bonds. The molecular formula is C27H32O8. The van der Waals surface area contributed by atoms with Crippen LogP contribution in [0.25, 0.3) is 16.5 Å². The molecule has 2 aromatic carbocycles. The topological polar surface area (TPSA) is 112 Å². The Morgan fingerprint density at radius 1 is 0.771 bits per heavy atom. The monoisotopic (exact) mass is 484 g/mol. The van der Waals surface area contributed by atoms with Gasteiger partial charge in [-0.15, -0.1) is 0 Å². The predicted octanol–water partition coefficient (Wildman–Crippen LogP) is 3.30. The van der Waals surface area contributed by atoms with Crippen molar-refractivity contribution in [3.8, 4) is 0 Å². The number of fused-ring (bicyclic) bond motifs is 1. The van der Waals surface area contributed by atoms with Crippen LogP contribution in [-0.4, -0.2) is 60.8 Å². The predicted molar refractivity (Wildman–Crippen MR) is 132 cm³/mol. The Labute approximate surface area is 205 Å². The summed E-state index contributed by atoms with van der Waals surface area (Å²) in [5.74, 6) is -0.736. The average molecular weight is 485 g/mol. The third-order valence-electron chi connectivity index (χ3n) is 4.77. The minimum Gasteiger partial charge on any atom is -0.491 e. The highest BCUT2D eigenvalue weighted by Gasteiger charge is 2.12. The summed E-state index contributed by atoms with van der Waals surface area (Å²) in [5.41, 5.74) is 2.19. The van der Waals surface area contributed by atoms with E-state index in [4.69, 9.17) is 18.9 Å². The van der Waals surface area contributed by atoms with Crippen molar-refractivity contribution >= 4 is 28.5 Å². The standard InChI is InChI=1S/C27H32O8/c1-17(2)26(30)34-15-24(28)13-32-12-20-6-7-23-11-21(8-9-22(23)10-20)19(5)33-14-25(29)16-35-27(31)18(3)4/h6-11,24-25,28-29H,1,3,5,12-16H2,2,4H3. The van der Waals surface area contributed by atoms with Gasteiger partial charge in [0.15, 0.2) is 0 Å². The highest BCUT2D eigenvalue weighted by molar-refractivity contribution is 5.87. The van der Waals surface area contributed by atoms with Gasteiger partial charge in [0.25, 0.3) is 0 Å². The summed E-state index contributed by atoms with van der Waals surface area (Å²) in [6, 6.07) is 11.5. The summed E-state index contributed by atoms with van der Waals surface area (Å²) >= 11 is 0. The molecule has 2 atom stereocenters. The number of hydrogen-bond donors (Lipinski definition) is 2. The van der Waals surface area contributed by atoms with Gasteiger partial charge in [-0.1, -0.05) is 44.0 Å². The van der Waals surface area contributed by atoms with Crippen LogP contribution in [-0.2, 0) is 35.1 Å². The summed E-state index contributed by atoms with van der Waals surface area (Å²) in [7, 11) is 0. The van der Waals surface area contributed by atoms with Crippen LogP contribution in [0.4, 0.5) is 0 Å². The van der Waals surface area contributed by atoms with Crippen molar-refractivity contribution in [2.45, 2.75) is 32.7 Å². The van der Waals surface area contributed by atoms with Gasteiger partial charge in [-0.25, -0.2) is 9.59 Å². The Bertz CT molecular complexity index is 1090. The number of benzene rings is 2. The first-order valence-corrected chi connectivity index (χ1v) is 11.0. The molecular weight excluding hydrogens is 452 g/mol. The second-order valence-corrected chi connectivity index (χ2v) is 8.21. The van der Waals surface area contributed by atoms with Crippen LogP contribution in [0, 0.1) is 0 Å². The molecule has 0 spiro atoms. The molecule has 0 fully saturated rings. The van der Waals surface area contributed by atoms with E-state index in [2.05, 4.69) is 19.7 Å². The maximum absolute atomic E-state index is 11.4. The van der Waals surface area contributed by atoms with Crippen LogP contribution in [0.1, 0.15) is 25.0 Å². The van der Waals surface area contributed by atoms with E-state index in [1.54, 1.807) is 0 Å². The molecule has 0 aromatic heterocycles. The lowest BCUT2D eigenvalue weighted by Crippen LogP contribution is -2.23. The molecule has 0 aliphatic heterocycles. The van der Waals surface area contributed by atoms with E-state index < -0.39 is 24.1 Å². The smallest absolute Gasteiger partial charge is 0.333 e. The second-order valence-electron chi connectivity index (χ2n) is 8.21. The van der Waals surface area contributed by atoms with Gasteiger partial charge in [0.1, 0.15) is 37.8 Å². The molecule has 0 saturated carbocycles. The van der Waals surface area contributed by atoms with Crippen molar-refractivity contribution in [3.05, 3.63) is 78.4 Å². The lowest BCUT2D eigenvalue weighted by Gasteiger charge is -2.15. The molecule has 2 unspecified atom stereocenters. The number of rotatable bonds is 14. The Hall–Kier alpha value is -3.46. The van der Waals surface area contributed by atoms with Crippen molar-refractivity contribution in [1.29, 1.82) is 0 Å². The number of carbonyl (C=O) groups excluding carboxylic acids is 2. The van der Waals surface area contributed by atoms with Crippen molar-refractivity contribution in [1.82, 2.24) is 0 Å². The Kier molecular flexibility index (Phi) is 10.7. The fraction of sp³-hybridized carbons (Fsp3) is 0.333. The Morgan fingerprint density at radius 3 is 1.89 bits per heavy atom. The number of aliphatic hydroxyl groups is 2. The van der Waals surface area contributed by atoms with E-state index >= 15 is 0 Å². The summed E-state index contributed by atoms with van der Waals surface area (Å²) in [6.07, 6.45) is -1.92. The molecule has 188 valence electrons. The van der Waals surface area contributed by atoms with Crippen molar-refractivity contribution in [2.24, 2.45) is 0 Å². The van der Waals surface area contributed by atoms with Gasteiger partial charge >= 0.3 is 11.9 Å². The van der Waals surface area contributed by atoms with Gasteiger partial charge in [-0.3, -0.25) is 0 Å². The van der Waals surface area contributed by atoms with Crippen LogP contribution in [0.3, 0.4) is 0 Å². The average Bonchev–Trinajstić information content (AvgIpc) is 2.83. The van der Waals surface area contributed by atoms with E-state index in [-0.39, 0.29) is 44.2 Å². The van der Waals surface area contributed by atoms with Crippen molar-refractivity contribution < 1.29 is 38.7 Å². The van der Waals surface area contributed by atoms with E-state index in [0.717, 1.165) is 21.9 Å². The number of hydrogen-bond acceptors (Lipinski definition) is 8. The molecule has 2 N–H and O–H groups in total. The minimum absolute atomic E-state index is 0.0237. The number of ether oxygens (including phenoxy) is 4. The zero-order chi connectivity index (χ0) is 26.0. The molecule has 35 heavy (non-hydrogen) atoms. The van der Waals surface area contributed by atoms with Gasteiger partial charge in [0.05, 0.1) is 13.2 Å². The van der Waals surface area contributed by atoms with E-state index in [1.165, 1.54) is 13.8 Å². The molecule has 0 radical (unpaired) electrons. The summed E-state index contributed by atoms with van der Waals surface area (Å²) < 4.78 is 20.9. The van der Waals surface area contributed by atoms with Crippen LogP contribution < -0.4 is 0 Å². The van der Waals surface area contributed by atoms with Crippen LogP contribution in [0.2, 0.25) is 0 Å². The zero-order valence-electron chi connectivity index (χ0n) is 20.1. The normalized spacial score (nSPS) is 12.5. The summed E-state index contributed by atoms with van der Waals surface area (Å²) in [4.78, 5) is 22.7. The van der Waals surface area contributed by atoms with Crippen molar-refractivity contribution in [3.63, 3.8) is 0 Å². The summed E-state index contributed by atoms with van der Waals surface area (Å²) in [5, 5.41) is 21.7. The second kappa shape index (κ2) is 13.4. The minimum atomic E-state index is -0.991. The molecule has 0 heterocycles. The number of carbonyl (C=O) groups is 2. The SMILES string of the molecule is C=C(C)C(=O)OCC(O)COCc1ccc2cc(C(=C)OCC(O)COC(=O)C(=C)C)ccc2c1. The first-order valence-electron chi connectivity index (χ1n) is 11.0. The van der Waals surface area contributed by atoms with E-state index in [1.807, 2.05) is 36.4 Å². The van der Waals surface area contributed by atoms with Crippen LogP contribution >= 0.6 is 0 Å². The summed E-state index contributed by atoms with van der Waals surface area (Å²) in [6.45, 7) is 13.8. The molecule has 2 rings (SSSR count). The van der Waals surface area contributed by atoms with Gasteiger partial charge in [0, 0.05) is 16.7 Å². The van der Waals surface area contributed by atoms with Gasteiger partial charge < -0.3 is 29.2 Å². The quantitative estimate of drug-likeness (QED) is 0.239.